The van der Waals surface area contributed by atoms with Gasteiger partial charge < -0.3 is 20.1 Å². The van der Waals surface area contributed by atoms with Crippen LogP contribution in [0.15, 0.2) is 24.3 Å². The summed E-state index contributed by atoms with van der Waals surface area (Å²) >= 11 is 0. The molecule has 23 heavy (non-hydrogen) atoms. The van der Waals surface area contributed by atoms with Crippen molar-refractivity contribution < 1.29 is 19.1 Å². The number of anilines is 1. The van der Waals surface area contributed by atoms with Crippen LogP contribution in [0.25, 0.3) is 0 Å². The number of carbonyl (C=O) groups is 2. The van der Waals surface area contributed by atoms with Crippen molar-refractivity contribution in [1.82, 2.24) is 5.32 Å². The maximum Gasteiger partial charge on any atom is 0.251 e. The van der Waals surface area contributed by atoms with Gasteiger partial charge in [-0.3, -0.25) is 9.59 Å². The molecule has 2 aliphatic rings. The fraction of sp³-hybridized carbons (Fsp3) is 0.529. The number of hydrogen-bond donors (Lipinski definition) is 2. The Morgan fingerprint density at radius 2 is 1.70 bits per heavy atom. The van der Waals surface area contributed by atoms with E-state index in [1.54, 1.807) is 24.3 Å². The van der Waals surface area contributed by atoms with Gasteiger partial charge in [0, 0.05) is 37.1 Å². The number of hydrogen-bond acceptors (Lipinski definition) is 4. The van der Waals surface area contributed by atoms with E-state index in [4.69, 9.17) is 9.47 Å². The zero-order valence-corrected chi connectivity index (χ0v) is 13.3. The zero-order chi connectivity index (χ0) is 16.3. The van der Waals surface area contributed by atoms with Crippen molar-refractivity contribution in [2.75, 3.05) is 18.5 Å². The molecule has 1 aliphatic carbocycles. The Morgan fingerprint density at radius 3 is 2.26 bits per heavy atom. The monoisotopic (exact) mass is 318 g/mol. The van der Waals surface area contributed by atoms with Crippen molar-refractivity contribution in [3.8, 4) is 0 Å². The van der Waals surface area contributed by atoms with Crippen LogP contribution in [-0.4, -0.2) is 36.9 Å². The Balaban J connectivity index is 1.52. The van der Waals surface area contributed by atoms with E-state index < -0.39 is 5.79 Å². The van der Waals surface area contributed by atoms with Crippen molar-refractivity contribution in [2.24, 2.45) is 0 Å². The average Bonchev–Trinajstić information content (AvgIpc) is 2.98. The molecule has 1 aliphatic heterocycles. The normalized spacial score (nSPS) is 20.4. The minimum atomic E-state index is -0.402. The number of rotatable bonds is 3. The van der Waals surface area contributed by atoms with Crippen molar-refractivity contribution >= 4 is 17.5 Å². The Hall–Kier alpha value is -1.92. The smallest absolute Gasteiger partial charge is 0.251 e. The Bertz CT molecular complexity index is 569. The first-order valence-corrected chi connectivity index (χ1v) is 8.03. The fourth-order valence-electron chi connectivity index (χ4n) is 3.16. The van der Waals surface area contributed by atoms with Gasteiger partial charge in [-0.15, -0.1) is 0 Å². The Morgan fingerprint density at radius 1 is 1.09 bits per heavy atom. The first-order chi connectivity index (χ1) is 11.1. The van der Waals surface area contributed by atoms with Gasteiger partial charge in [0.25, 0.3) is 5.91 Å². The summed E-state index contributed by atoms with van der Waals surface area (Å²) in [6.45, 7) is 2.78. The third-order valence-electron chi connectivity index (χ3n) is 4.36. The maximum atomic E-state index is 12.3. The lowest BCUT2D eigenvalue weighted by Gasteiger charge is -2.35. The van der Waals surface area contributed by atoms with Crippen LogP contribution in [0, 0.1) is 0 Å². The van der Waals surface area contributed by atoms with E-state index in [9.17, 15) is 9.59 Å². The fourth-order valence-corrected chi connectivity index (χ4v) is 3.16. The summed E-state index contributed by atoms with van der Waals surface area (Å²) in [6.07, 6.45) is 3.35. The molecule has 0 radical (unpaired) electrons. The highest BCUT2D eigenvalue weighted by Gasteiger charge is 2.40. The summed E-state index contributed by atoms with van der Waals surface area (Å²) < 4.78 is 11.4. The predicted octanol–water partition coefficient (Wildman–Crippen LogP) is 2.06. The Labute approximate surface area is 135 Å². The van der Waals surface area contributed by atoms with Crippen LogP contribution >= 0.6 is 0 Å². The molecule has 1 heterocycles. The molecule has 0 unspecified atom stereocenters. The highest BCUT2D eigenvalue weighted by molar-refractivity contribution is 5.95. The molecule has 6 heteroatoms. The van der Waals surface area contributed by atoms with E-state index in [1.807, 2.05) is 0 Å². The summed E-state index contributed by atoms with van der Waals surface area (Å²) in [6, 6.07) is 7.04. The molecule has 0 aromatic heterocycles. The van der Waals surface area contributed by atoms with Gasteiger partial charge in [-0.1, -0.05) is 0 Å². The molecule has 2 amide bonds. The van der Waals surface area contributed by atoms with E-state index >= 15 is 0 Å². The molecule has 3 rings (SSSR count). The molecule has 1 saturated heterocycles. The summed E-state index contributed by atoms with van der Waals surface area (Å²) in [5.74, 6) is -0.621. The standard InChI is InChI=1S/C17H22N2O4/c1-12(20)18-14-4-2-13(3-5-14)16(21)19-15-6-8-17(9-7-15)22-10-11-23-17/h2-5,15H,6-11H2,1H3,(H,18,20)(H,19,21). The van der Waals surface area contributed by atoms with Crippen molar-refractivity contribution in [3.63, 3.8) is 0 Å². The van der Waals surface area contributed by atoms with E-state index in [0.29, 0.717) is 24.5 Å². The second-order valence-electron chi connectivity index (χ2n) is 6.11. The Kier molecular flexibility index (Phi) is 4.63. The van der Waals surface area contributed by atoms with E-state index in [1.165, 1.54) is 6.92 Å². The summed E-state index contributed by atoms with van der Waals surface area (Å²) in [5.41, 5.74) is 1.27. The lowest BCUT2D eigenvalue weighted by molar-refractivity contribution is -0.179. The third-order valence-corrected chi connectivity index (χ3v) is 4.36. The van der Waals surface area contributed by atoms with Crippen LogP contribution in [-0.2, 0) is 14.3 Å². The average molecular weight is 318 g/mol. The lowest BCUT2D eigenvalue weighted by Crippen LogP contribution is -2.44. The minimum absolute atomic E-state index is 0.0893. The second kappa shape index (κ2) is 6.68. The first kappa shape index (κ1) is 16.0. The highest BCUT2D eigenvalue weighted by Crippen LogP contribution is 2.35. The van der Waals surface area contributed by atoms with Gasteiger partial charge in [-0.25, -0.2) is 0 Å². The number of carbonyl (C=O) groups excluding carboxylic acids is 2. The highest BCUT2D eigenvalue weighted by atomic mass is 16.7. The molecule has 2 N–H and O–H groups in total. The molecule has 0 bridgehead atoms. The third kappa shape index (κ3) is 3.89. The molecular weight excluding hydrogens is 296 g/mol. The SMILES string of the molecule is CC(=O)Nc1ccc(C(=O)NC2CCC3(CC2)OCCO3)cc1. The van der Waals surface area contributed by atoms with Gasteiger partial charge >= 0.3 is 0 Å². The topological polar surface area (TPSA) is 76.7 Å². The van der Waals surface area contributed by atoms with E-state index in [2.05, 4.69) is 10.6 Å². The second-order valence-corrected chi connectivity index (χ2v) is 6.11. The van der Waals surface area contributed by atoms with Crippen LogP contribution in [0.2, 0.25) is 0 Å². The van der Waals surface area contributed by atoms with Crippen LogP contribution in [0.5, 0.6) is 0 Å². The summed E-state index contributed by atoms with van der Waals surface area (Å²) in [4.78, 5) is 23.3. The molecule has 0 atom stereocenters. The minimum Gasteiger partial charge on any atom is -0.349 e. The van der Waals surface area contributed by atoms with Crippen molar-refractivity contribution in [3.05, 3.63) is 29.8 Å². The molecule has 1 saturated carbocycles. The maximum absolute atomic E-state index is 12.3. The number of benzene rings is 1. The van der Waals surface area contributed by atoms with Gasteiger partial charge in [-0.05, 0) is 37.1 Å². The van der Waals surface area contributed by atoms with E-state index in [-0.39, 0.29) is 17.9 Å². The first-order valence-electron chi connectivity index (χ1n) is 8.03. The van der Waals surface area contributed by atoms with Gasteiger partial charge in [0.1, 0.15) is 0 Å². The van der Waals surface area contributed by atoms with Crippen LogP contribution in [0.4, 0.5) is 5.69 Å². The molecule has 1 aromatic rings. The van der Waals surface area contributed by atoms with Gasteiger partial charge in [0.2, 0.25) is 5.91 Å². The molecular formula is C17H22N2O4. The number of ether oxygens (including phenoxy) is 2. The van der Waals surface area contributed by atoms with Crippen molar-refractivity contribution in [1.29, 1.82) is 0 Å². The number of amides is 2. The van der Waals surface area contributed by atoms with Gasteiger partial charge in [0.15, 0.2) is 5.79 Å². The van der Waals surface area contributed by atoms with Crippen LogP contribution in [0.3, 0.4) is 0 Å². The summed E-state index contributed by atoms with van der Waals surface area (Å²) in [5, 5.41) is 5.75. The zero-order valence-electron chi connectivity index (χ0n) is 13.3. The summed E-state index contributed by atoms with van der Waals surface area (Å²) in [7, 11) is 0. The van der Waals surface area contributed by atoms with Crippen LogP contribution < -0.4 is 10.6 Å². The molecule has 124 valence electrons. The van der Waals surface area contributed by atoms with Crippen molar-refractivity contribution in [2.45, 2.75) is 44.4 Å². The molecule has 2 fully saturated rings. The van der Waals surface area contributed by atoms with Gasteiger partial charge in [0.05, 0.1) is 13.2 Å². The molecule has 1 spiro atoms. The lowest BCUT2D eigenvalue weighted by atomic mass is 9.90. The van der Waals surface area contributed by atoms with Crippen LogP contribution in [0.1, 0.15) is 43.0 Å². The molecule has 1 aromatic carbocycles. The predicted molar refractivity (Wildman–Crippen MR) is 85.1 cm³/mol. The number of nitrogens with one attached hydrogen (secondary N) is 2. The van der Waals surface area contributed by atoms with Gasteiger partial charge in [-0.2, -0.15) is 0 Å². The molecule has 6 nitrogen and oxygen atoms in total. The quantitative estimate of drug-likeness (QED) is 0.894. The van der Waals surface area contributed by atoms with E-state index in [0.717, 1.165) is 25.7 Å². The largest absolute Gasteiger partial charge is 0.349 e.